The number of rotatable bonds is 4. The molecule has 0 radical (unpaired) electrons. The number of nitrogens with zero attached hydrogens (tertiary/aromatic N) is 3. The van der Waals surface area contributed by atoms with Gasteiger partial charge in [0.05, 0.1) is 0 Å². The van der Waals surface area contributed by atoms with Crippen molar-refractivity contribution in [1.29, 1.82) is 0 Å². The molecule has 0 unspecified atom stereocenters. The first-order valence-electron chi connectivity index (χ1n) is 6.13. The van der Waals surface area contributed by atoms with Crippen molar-refractivity contribution >= 4 is 17.5 Å². The fourth-order valence-electron chi connectivity index (χ4n) is 1.69. The molecule has 0 saturated carbocycles. The quantitative estimate of drug-likeness (QED) is 0.256. The average molecular weight is 263 g/mol. The van der Waals surface area contributed by atoms with E-state index in [1.165, 1.54) is 11.6 Å². The van der Waals surface area contributed by atoms with E-state index in [2.05, 4.69) is 10.0 Å². The van der Waals surface area contributed by atoms with Gasteiger partial charge in [-0.05, 0) is 24.1 Å². The van der Waals surface area contributed by atoms with Crippen LogP contribution in [0.3, 0.4) is 0 Å². The molecule has 0 saturated heterocycles. The molecule has 0 aromatic heterocycles. The van der Waals surface area contributed by atoms with E-state index in [0.717, 1.165) is 5.56 Å². The van der Waals surface area contributed by atoms with Gasteiger partial charge in [0, 0.05) is 16.2 Å². The van der Waals surface area contributed by atoms with Gasteiger partial charge < -0.3 is 0 Å². The Hall–Kier alpha value is -2.84. The minimum Gasteiger partial charge on any atom is -0.289 e. The van der Waals surface area contributed by atoms with Crippen LogP contribution in [-0.2, 0) is 0 Å². The van der Waals surface area contributed by atoms with Crippen LogP contribution in [0, 0.1) is 6.92 Å². The summed E-state index contributed by atoms with van der Waals surface area (Å²) >= 11 is 0. The molecular formula is C16H13N3O. The monoisotopic (exact) mass is 263 g/mol. The van der Waals surface area contributed by atoms with Crippen LogP contribution in [0.25, 0.3) is 16.5 Å². The Morgan fingerprint density at radius 3 is 2.35 bits per heavy atom. The molecule has 2 rings (SSSR count). The maximum absolute atomic E-state index is 12.0. The third-order valence-corrected chi connectivity index (χ3v) is 2.82. The molecule has 0 heterocycles. The number of hydrogen-bond donors (Lipinski definition) is 0. The van der Waals surface area contributed by atoms with Crippen LogP contribution in [0.4, 0.5) is 5.69 Å². The first kappa shape index (κ1) is 13.6. The summed E-state index contributed by atoms with van der Waals surface area (Å²) in [5.74, 6) is -0.0851. The molecule has 0 fully saturated rings. The molecule has 4 heteroatoms. The van der Waals surface area contributed by atoms with Crippen molar-refractivity contribution < 1.29 is 4.79 Å². The molecule has 2 aromatic rings. The zero-order valence-electron chi connectivity index (χ0n) is 11.0. The molecule has 0 amide bonds. The third-order valence-electron chi connectivity index (χ3n) is 2.82. The van der Waals surface area contributed by atoms with Crippen LogP contribution in [0.15, 0.2) is 59.7 Å². The minimum atomic E-state index is -0.0851. The summed E-state index contributed by atoms with van der Waals surface area (Å²) in [5.41, 5.74) is 11.5. The van der Waals surface area contributed by atoms with Crippen LogP contribution in [0.1, 0.15) is 21.5 Å². The van der Waals surface area contributed by atoms with Crippen molar-refractivity contribution in [3.05, 3.63) is 81.7 Å². The smallest absolute Gasteiger partial charge is 0.185 e. The average Bonchev–Trinajstić information content (AvgIpc) is 2.47. The second kappa shape index (κ2) is 6.36. The predicted molar refractivity (Wildman–Crippen MR) is 79.8 cm³/mol. The SMILES string of the molecule is Cc1ccc(/C=C/C(=O)c2ccc(N=[N+]=[N-])cc2)cc1. The molecule has 0 aliphatic rings. The van der Waals surface area contributed by atoms with E-state index < -0.39 is 0 Å². The lowest BCUT2D eigenvalue weighted by Crippen LogP contribution is -1.92. The predicted octanol–water partition coefficient (Wildman–Crippen LogP) is 4.83. The van der Waals surface area contributed by atoms with E-state index in [1.807, 2.05) is 31.2 Å². The van der Waals surface area contributed by atoms with Gasteiger partial charge in [0.2, 0.25) is 0 Å². The van der Waals surface area contributed by atoms with Crippen molar-refractivity contribution in [3.8, 4) is 0 Å². The van der Waals surface area contributed by atoms with Crippen LogP contribution >= 0.6 is 0 Å². The number of carbonyl (C=O) groups is 1. The van der Waals surface area contributed by atoms with Crippen LogP contribution < -0.4 is 0 Å². The topological polar surface area (TPSA) is 65.8 Å². The van der Waals surface area contributed by atoms with Crippen molar-refractivity contribution in [2.45, 2.75) is 6.92 Å². The number of hydrogen-bond acceptors (Lipinski definition) is 2. The Morgan fingerprint density at radius 2 is 1.75 bits per heavy atom. The summed E-state index contributed by atoms with van der Waals surface area (Å²) in [6, 6.07) is 14.4. The van der Waals surface area contributed by atoms with E-state index in [4.69, 9.17) is 5.53 Å². The fourth-order valence-corrected chi connectivity index (χ4v) is 1.69. The summed E-state index contributed by atoms with van der Waals surface area (Å²) in [4.78, 5) is 14.7. The lowest BCUT2D eigenvalue weighted by Gasteiger charge is -1.97. The Labute approximate surface area is 117 Å². The molecule has 0 spiro atoms. The summed E-state index contributed by atoms with van der Waals surface area (Å²) in [6.07, 6.45) is 3.32. The summed E-state index contributed by atoms with van der Waals surface area (Å²) in [6.45, 7) is 2.02. The highest BCUT2D eigenvalue weighted by molar-refractivity contribution is 6.06. The minimum absolute atomic E-state index is 0.0851. The first-order valence-corrected chi connectivity index (χ1v) is 6.13. The van der Waals surface area contributed by atoms with Gasteiger partial charge in [-0.2, -0.15) is 0 Å². The Bertz CT molecular complexity index is 679. The molecule has 2 aromatic carbocycles. The number of aryl methyl sites for hydroxylation is 1. The number of azide groups is 1. The first-order chi connectivity index (χ1) is 9.69. The number of ketones is 1. The van der Waals surface area contributed by atoms with Gasteiger partial charge in [-0.15, -0.1) is 0 Å². The zero-order valence-corrected chi connectivity index (χ0v) is 11.0. The number of allylic oxidation sites excluding steroid dienone is 1. The zero-order chi connectivity index (χ0) is 14.4. The van der Waals surface area contributed by atoms with E-state index in [9.17, 15) is 4.79 Å². The van der Waals surface area contributed by atoms with Gasteiger partial charge in [0.25, 0.3) is 0 Å². The van der Waals surface area contributed by atoms with Gasteiger partial charge in [-0.3, -0.25) is 4.79 Å². The maximum Gasteiger partial charge on any atom is 0.185 e. The fraction of sp³-hybridized carbons (Fsp3) is 0.0625. The summed E-state index contributed by atoms with van der Waals surface area (Å²) < 4.78 is 0. The third kappa shape index (κ3) is 3.57. The molecule has 0 bridgehead atoms. The Kier molecular flexibility index (Phi) is 4.32. The van der Waals surface area contributed by atoms with Gasteiger partial charge in [0.15, 0.2) is 5.78 Å². The Morgan fingerprint density at radius 1 is 1.10 bits per heavy atom. The molecule has 0 atom stereocenters. The molecule has 20 heavy (non-hydrogen) atoms. The van der Waals surface area contributed by atoms with Gasteiger partial charge in [-0.25, -0.2) is 0 Å². The van der Waals surface area contributed by atoms with Crippen molar-refractivity contribution in [2.75, 3.05) is 0 Å². The van der Waals surface area contributed by atoms with Crippen LogP contribution in [-0.4, -0.2) is 5.78 Å². The van der Waals surface area contributed by atoms with Crippen molar-refractivity contribution in [1.82, 2.24) is 0 Å². The molecular weight excluding hydrogens is 250 g/mol. The van der Waals surface area contributed by atoms with Gasteiger partial charge in [0.1, 0.15) is 0 Å². The molecule has 98 valence electrons. The van der Waals surface area contributed by atoms with E-state index in [-0.39, 0.29) is 5.78 Å². The van der Waals surface area contributed by atoms with Crippen molar-refractivity contribution in [3.63, 3.8) is 0 Å². The van der Waals surface area contributed by atoms with Gasteiger partial charge >= 0.3 is 0 Å². The second-order valence-electron chi connectivity index (χ2n) is 4.34. The maximum atomic E-state index is 12.0. The number of carbonyl (C=O) groups excluding carboxylic acids is 1. The van der Waals surface area contributed by atoms with Crippen LogP contribution in [0.2, 0.25) is 0 Å². The van der Waals surface area contributed by atoms with E-state index >= 15 is 0 Å². The second-order valence-corrected chi connectivity index (χ2v) is 4.34. The number of benzene rings is 2. The van der Waals surface area contributed by atoms with Crippen LogP contribution in [0.5, 0.6) is 0 Å². The normalized spacial score (nSPS) is 10.2. The lowest BCUT2D eigenvalue weighted by molar-refractivity contribution is 0.104. The highest BCUT2D eigenvalue weighted by atomic mass is 16.1. The molecule has 0 aliphatic carbocycles. The van der Waals surface area contributed by atoms with E-state index in [1.54, 1.807) is 30.3 Å². The lowest BCUT2D eigenvalue weighted by atomic mass is 10.1. The molecule has 0 aliphatic heterocycles. The highest BCUT2D eigenvalue weighted by Crippen LogP contribution is 2.14. The standard InChI is InChI=1S/C16H13N3O/c1-12-2-4-13(5-3-12)6-11-16(20)14-7-9-15(10-8-14)18-19-17/h2-11H,1H3/b11-6+. The molecule has 0 N–H and O–H groups in total. The largest absolute Gasteiger partial charge is 0.289 e. The summed E-state index contributed by atoms with van der Waals surface area (Å²) in [7, 11) is 0. The molecule has 4 nitrogen and oxygen atoms in total. The van der Waals surface area contributed by atoms with Crippen molar-refractivity contribution in [2.24, 2.45) is 5.11 Å². The van der Waals surface area contributed by atoms with E-state index in [0.29, 0.717) is 11.3 Å². The Balaban J connectivity index is 2.11. The summed E-state index contributed by atoms with van der Waals surface area (Å²) in [5, 5.41) is 3.46. The highest BCUT2D eigenvalue weighted by Gasteiger charge is 2.01. The van der Waals surface area contributed by atoms with Gasteiger partial charge in [-0.1, -0.05) is 65.3 Å².